The maximum atomic E-state index is 14.8. The molecule has 1 unspecified atom stereocenters. The van der Waals surface area contributed by atoms with E-state index in [1.54, 1.807) is 6.07 Å². The topological polar surface area (TPSA) is 94.2 Å². The standard InChI is InChI=1S/C28H22ClFN4O4/c29-19-13-22-21(31-28(32-22)38-25-14-37-24-8-10-36-27(24)25)12-18(19)16-3-1-15(2-4-16)17-5-6-23(20(30)11-17)34-9-7-26(35)33-34/h1-7,9,11-13,24-25,27H,8,10,14H2,(H,31,32)(H,33,35)/t24-,25?,27+/m1/s1. The summed E-state index contributed by atoms with van der Waals surface area (Å²) in [5, 5.41) is 3.12. The molecule has 5 aromatic rings. The van der Waals surface area contributed by atoms with Gasteiger partial charge in [-0.05, 0) is 47.4 Å². The summed E-state index contributed by atoms with van der Waals surface area (Å²) in [5.74, 6) is -0.442. The molecule has 0 radical (unpaired) electrons. The SMILES string of the molecule is O=c1ccn(-c2ccc(-c3ccc(-c4cc5nc(OC6CO[C@@H]7CCO[C@H]67)[nH]c5cc4Cl)cc3)cc2F)[nH]1. The largest absolute Gasteiger partial charge is 0.456 e. The third-order valence-corrected chi connectivity index (χ3v) is 7.39. The van der Waals surface area contributed by atoms with Crippen LogP contribution in [0.1, 0.15) is 6.42 Å². The minimum Gasteiger partial charge on any atom is -0.456 e. The predicted molar refractivity (Wildman–Crippen MR) is 140 cm³/mol. The number of benzene rings is 3. The van der Waals surface area contributed by atoms with Crippen LogP contribution in [0.2, 0.25) is 5.02 Å². The molecule has 2 aliphatic heterocycles. The molecule has 192 valence electrons. The lowest BCUT2D eigenvalue weighted by Gasteiger charge is -2.15. The quantitative estimate of drug-likeness (QED) is 0.328. The van der Waals surface area contributed by atoms with Gasteiger partial charge in [0.25, 0.3) is 11.6 Å². The highest BCUT2D eigenvalue weighted by molar-refractivity contribution is 6.34. The van der Waals surface area contributed by atoms with Crippen molar-refractivity contribution in [1.82, 2.24) is 19.7 Å². The molecular weight excluding hydrogens is 511 g/mol. The van der Waals surface area contributed by atoms with E-state index in [1.807, 2.05) is 42.5 Å². The molecule has 0 aliphatic carbocycles. The number of fused-ring (bicyclic) bond motifs is 2. The zero-order valence-corrected chi connectivity index (χ0v) is 20.7. The summed E-state index contributed by atoms with van der Waals surface area (Å²) in [6.45, 7) is 1.16. The van der Waals surface area contributed by atoms with Gasteiger partial charge in [-0.25, -0.2) is 4.39 Å². The van der Waals surface area contributed by atoms with Crippen molar-refractivity contribution >= 4 is 22.6 Å². The average Bonchev–Trinajstić information content (AvgIpc) is 3.70. The van der Waals surface area contributed by atoms with Crippen LogP contribution in [0, 0.1) is 5.82 Å². The van der Waals surface area contributed by atoms with E-state index < -0.39 is 5.82 Å². The molecule has 7 rings (SSSR count). The third kappa shape index (κ3) is 4.09. The van der Waals surface area contributed by atoms with E-state index in [-0.39, 0.29) is 29.6 Å². The minimum absolute atomic E-state index is 0.0662. The molecular formula is C28H22ClFN4O4. The second-order valence-corrected chi connectivity index (χ2v) is 9.86. The number of ether oxygens (including phenoxy) is 3. The fraction of sp³-hybridized carbons (Fsp3) is 0.214. The molecule has 0 spiro atoms. The molecule has 2 aliphatic rings. The van der Waals surface area contributed by atoms with Crippen LogP contribution in [0.5, 0.6) is 6.01 Å². The van der Waals surface area contributed by atoms with Crippen molar-refractivity contribution in [3.63, 3.8) is 0 Å². The molecule has 3 aromatic carbocycles. The van der Waals surface area contributed by atoms with Crippen molar-refractivity contribution in [2.24, 2.45) is 0 Å². The number of rotatable bonds is 5. The lowest BCUT2D eigenvalue weighted by atomic mass is 9.99. The molecule has 8 nitrogen and oxygen atoms in total. The second kappa shape index (κ2) is 9.13. The molecule has 4 heterocycles. The van der Waals surface area contributed by atoms with E-state index in [4.69, 9.17) is 25.8 Å². The Kier molecular flexibility index (Phi) is 5.57. The summed E-state index contributed by atoms with van der Waals surface area (Å²) in [4.78, 5) is 19.2. The molecule has 2 saturated heterocycles. The van der Waals surface area contributed by atoms with E-state index in [0.29, 0.717) is 29.8 Å². The first-order valence-electron chi connectivity index (χ1n) is 12.3. The third-order valence-electron chi connectivity index (χ3n) is 7.07. The first kappa shape index (κ1) is 23.2. The molecule has 2 aromatic heterocycles. The van der Waals surface area contributed by atoms with Crippen LogP contribution in [-0.4, -0.2) is 51.3 Å². The Labute approximate surface area is 220 Å². The van der Waals surface area contributed by atoms with Crippen LogP contribution in [0.4, 0.5) is 4.39 Å². The van der Waals surface area contributed by atoms with Crippen molar-refractivity contribution in [2.75, 3.05) is 13.2 Å². The Balaban J connectivity index is 1.13. The minimum atomic E-state index is -0.442. The summed E-state index contributed by atoms with van der Waals surface area (Å²) in [7, 11) is 0. The van der Waals surface area contributed by atoms with Gasteiger partial charge in [0.2, 0.25) is 0 Å². The molecule has 0 bridgehead atoms. The number of halogens is 2. The monoisotopic (exact) mass is 532 g/mol. The summed E-state index contributed by atoms with van der Waals surface area (Å²) in [6.07, 6.45) is 2.21. The lowest BCUT2D eigenvalue weighted by molar-refractivity contribution is 0.0273. The Bertz CT molecular complexity index is 1710. The lowest BCUT2D eigenvalue weighted by Crippen LogP contribution is -2.32. The molecule has 10 heteroatoms. The molecule has 2 fully saturated rings. The predicted octanol–water partition coefficient (Wildman–Crippen LogP) is 5.10. The Morgan fingerprint density at radius 2 is 1.84 bits per heavy atom. The fourth-order valence-electron chi connectivity index (χ4n) is 5.16. The van der Waals surface area contributed by atoms with Gasteiger partial charge in [0.1, 0.15) is 11.9 Å². The van der Waals surface area contributed by atoms with Gasteiger partial charge < -0.3 is 19.2 Å². The highest BCUT2D eigenvalue weighted by atomic mass is 35.5. The molecule has 3 atom stereocenters. The summed E-state index contributed by atoms with van der Waals surface area (Å²) in [6, 6.07) is 18.1. The Hall–Kier alpha value is -3.92. The molecule has 2 N–H and O–H groups in total. The van der Waals surface area contributed by atoms with Gasteiger partial charge in [0.15, 0.2) is 6.10 Å². The number of aromatic amines is 2. The Morgan fingerprint density at radius 3 is 2.63 bits per heavy atom. The van der Waals surface area contributed by atoms with Crippen LogP contribution in [0.15, 0.2) is 71.7 Å². The summed E-state index contributed by atoms with van der Waals surface area (Å²) in [5.41, 5.74) is 4.77. The zero-order valence-electron chi connectivity index (χ0n) is 20.0. The van der Waals surface area contributed by atoms with Crippen LogP contribution in [-0.2, 0) is 9.47 Å². The van der Waals surface area contributed by atoms with Crippen LogP contribution in [0.25, 0.3) is 39.0 Å². The maximum Gasteiger partial charge on any atom is 0.295 e. The van der Waals surface area contributed by atoms with Crippen molar-refractivity contribution in [3.05, 3.63) is 88.1 Å². The highest BCUT2D eigenvalue weighted by Crippen LogP contribution is 2.35. The van der Waals surface area contributed by atoms with Gasteiger partial charge in [0, 0.05) is 24.4 Å². The smallest absolute Gasteiger partial charge is 0.295 e. The van der Waals surface area contributed by atoms with Crippen molar-refractivity contribution < 1.29 is 18.6 Å². The number of imidazole rings is 1. The molecule has 0 amide bonds. The first-order valence-corrected chi connectivity index (χ1v) is 12.7. The van der Waals surface area contributed by atoms with E-state index in [9.17, 15) is 9.18 Å². The number of aromatic nitrogens is 4. The van der Waals surface area contributed by atoms with Gasteiger partial charge in [-0.1, -0.05) is 41.9 Å². The highest BCUT2D eigenvalue weighted by Gasteiger charge is 2.43. The number of nitrogens with zero attached hydrogens (tertiary/aromatic N) is 2. The van der Waals surface area contributed by atoms with Crippen LogP contribution in [0.3, 0.4) is 0 Å². The fourth-order valence-corrected chi connectivity index (χ4v) is 5.43. The van der Waals surface area contributed by atoms with E-state index in [1.165, 1.54) is 23.0 Å². The van der Waals surface area contributed by atoms with Crippen molar-refractivity contribution in [1.29, 1.82) is 0 Å². The van der Waals surface area contributed by atoms with Crippen molar-refractivity contribution in [2.45, 2.75) is 24.7 Å². The first-order chi connectivity index (χ1) is 18.5. The van der Waals surface area contributed by atoms with Crippen molar-refractivity contribution in [3.8, 4) is 34.0 Å². The molecule has 38 heavy (non-hydrogen) atoms. The van der Waals surface area contributed by atoms with E-state index >= 15 is 0 Å². The van der Waals surface area contributed by atoms with Gasteiger partial charge in [0.05, 0.1) is 34.5 Å². The average molecular weight is 533 g/mol. The van der Waals surface area contributed by atoms with Gasteiger partial charge in [-0.15, -0.1) is 0 Å². The normalized spacial score (nSPS) is 20.7. The number of hydrogen-bond acceptors (Lipinski definition) is 5. The number of hydrogen-bond donors (Lipinski definition) is 2. The maximum absolute atomic E-state index is 14.8. The molecule has 0 saturated carbocycles. The number of nitrogens with one attached hydrogen (secondary N) is 2. The van der Waals surface area contributed by atoms with Gasteiger partial charge in [-0.2, -0.15) is 4.98 Å². The second-order valence-electron chi connectivity index (χ2n) is 9.45. The summed E-state index contributed by atoms with van der Waals surface area (Å²) < 4.78 is 33.7. The van der Waals surface area contributed by atoms with E-state index in [0.717, 1.165) is 34.1 Å². The van der Waals surface area contributed by atoms with Gasteiger partial charge in [-0.3, -0.25) is 14.6 Å². The zero-order chi connectivity index (χ0) is 25.8. The summed E-state index contributed by atoms with van der Waals surface area (Å²) >= 11 is 6.64. The van der Waals surface area contributed by atoms with Crippen LogP contribution < -0.4 is 10.3 Å². The van der Waals surface area contributed by atoms with E-state index in [2.05, 4.69) is 15.1 Å². The van der Waals surface area contributed by atoms with Gasteiger partial charge >= 0.3 is 0 Å². The number of H-pyrrole nitrogens is 2. The van der Waals surface area contributed by atoms with Crippen LogP contribution >= 0.6 is 11.6 Å². The Morgan fingerprint density at radius 1 is 1.03 bits per heavy atom.